The SMILES string of the molecule is CC(=O)C(C)(C)CN1CC2C(C1)C2(C)C. The molecule has 2 rings (SSSR count). The molecule has 1 saturated heterocycles. The number of carbonyl (C=O) groups is 1. The Morgan fingerprint density at radius 2 is 1.80 bits per heavy atom. The zero-order chi connectivity index (χ0) is 11.4. The van der Waals surface area contributed by atoms with Gasteiger partial charge in [0.25, 0.3) is 0 Å². The van der Waals surface area contributed by atoms with Crippen molar-refractivity contribution >= 4 is 5.78 Å². The van der Waals surface area contributed by atoms with Crippen LogP contribution in [0.4, 0.5) is 0 Å². The largest absolute Gasteiger partial charge is 0.302 e. The quantitative estimate of drug-likeness (QED) is 0.710. The van der Waals surface area contributed by atoms with E-state index in [0.717, 1.165) is 18.4 Å². The van der Waals surface area contributed by atoms with E-state index in [9.17, 15) is 4.79 Å². The first-order valence-electron chi connectivity index (χ1n) is 5.98. The summed E-state index contributed by atoms with van der Waals surface area (Å²) in [7, 11) is 0. The van der Waals surface area contributed by atoms with Crippen molar-refractivity contribution < 1.29 is 4.79 Å². The minimum atomic E-state index is -0.166. The van der Waals surface area contributed by atoms with Gasteiger partial charge in [-0.15, -0.1) is 0 Å². The number of nitrogens with zero attached hydrogens (tertiary/aromatic N) is 1. The van der Waals surface area contributed by atoms with Crippen LogP contribution in [0.1, 0.15) is 34.6 Å². The Balaban J connectivity index is 1.88. The van der Waals surface area contributed by atoms with E-state index in [1.807, 2.05) is 0 Å². The molecule has 2 heteroatoms. The molecule has 1 aliphatic heterocycles. The van der Waals surface area contributed by atoms with Gasteiger partial charge in [-0.2, -0.15) is 0 Å². The molecular formula is C13H23NO. The molecule has 15 heavy (non-hydrogen) atoms. The molecule has 2 nitrogen and oxygen atoms in total. The Hall–Kier alpha value is -0.370. The first kappa shape index (κ1) is 11.1. The van der Waals surface area contributed by atoms with Gasteiger partial charge in [-0.3, -0.25) is 4.79 Å². The van der Waals surface area contributed by atoms with E-state index in [2.05, 4.69) is 32.6 Å². The summed E-state index contributed by atoms with van der Waals surface area (Å²) >= 11 is 0. The van der Waals surface area contributed by atoms with E-state index in [-0.39, 0.29) is 5.41 Å². The van der Waals surface area contributed by atoms with E-state index in [4.69, 9.17) is 0 Å². The molecule has 86 valence electrons. The van der Waals surface area contributed by atoms with Crippen LogP contribution in [0, 0.1) is 22.7 Å². The lowest BCUT2D eigenvalue weighted by atomic mass is 9.88. The molecule has 0 aromatic carbocycles. The van der Waals surface area contributed by atoms with E-state index >= 15 is 0 Å². The lowest BCUT2D eigenvalue weighted by Crippen LogP contribution is -2.39. The molecule has 1 saturated carbocycles. The lowest BCUT2D eigenvalue weighted by molar-refractivity contribution is -0.125. The predicted octanol–water partition coefficient (Wildman–Crippen LogP) is 2.19. The highest BCUT2D eigenvalue weighted by Gasteiger charge is 2.61. The fraction of sp³-hybridized carbons (Fsp3) is 0.923. The number of fused-ring (bicyclic) bond motifs is 1. The number of Topliss-reactive ketones (excluding diaryl/α,β-unsaturated/α-hetero) is 1. The van der Waals surface area contributed by atoms with Crippen molar-refractivity contribution in [1.82, 2.24) is 4.90 Å². The Bertz CT molecular complexity index is 279. The van der Waals surface area contributed by atoms with Gasteiger partial charge in [-0.05, 0) is 24.2 Å². The van der Waals surface area contributed by atoms with Gasteiger partial charge in [-0.25, -0.2) is 0 Å². The molecule has 0 N–H and O–H groups in total. The highest BCUT2D eigenvalue weighted by atomic mass is 16.1. The Labute approximate surface area is 93.0 Å². The van der Waals surface area contributed by atoms with Crippen molar-refractivity contribution in [3.05, 3.63) is 0 Å². The molecule has 0 aromatic heterocycles. The van der Waals surface area contributed by atoms with Gasteiger partial charge in [0.2, 0.25) is 0 Å². The van der Waals surface area contributed by atoms with Crippen LogP contribution in [-0.2, 0) is 4.79 Å². The third kappa shape index (κ3) is 1.73. The summed E-state index contributed by atoms with van der Waals surface area (Å²) in [5.74, 6) is 2.09. The smallest absolute Gasteiger partial charge is 0.136 e. The van der Waals surface area contributed by atoms with E-state index in [1.165, 1.54) is 13.1 Å². The van der Waals surface area contributed by atoms with Crippen molar-refractivity contribution in [3.63, 3.8) is 0 Å². The average molecular weight is 209 g/mol. The summed E-state index contributed by atoms with van der Waals surface area (Å²) in [6.45, 7) is 13.9. The summed E-state index contributed by atoms with van der Waals surface area (Å²) in [4.78, 5) is 13.9. The van der Waals surface area contributed by atoms with Gasteiger partial charge >= 0.3 is 0 Å². The van der Waals surface area contributed by atoms with Crippen molar-refractivity contribution in [2.24, 2.45) is 22.7 Å². The second kappa shape index (κ2) is 3.07. The summed E-state index contributed by atoms with van der Waals surface area (Å²) in [6, 6.07) is 0. The van der Waals surface area contributed by atoms with Crippen LogP contribution in [0.5, 0.6) is 0 Å². The molecular weight excluding hydrogens is 186 g/mol. The average Bonchev–Trinajstić information content (AvgIpc) is 2.47. The fourth-order valence-corrected chi connectivity index (χ4v) is 3.01. The van der Waals surface area contributed by atoms with Gasteiger partial charge in [0.05, 0.1) is 0 Å². The van der Waals surface area contributed by atoms with Crippen molar-refractivity contribution in [3.8, 4) is 0 Å². The highest BCUT2D eigenvalue weighted by molar-refractivity contribution is 5.81. The summed E-state index contributed by atoms with van der Waals surface area (Å²) in [6.07, 6.45) is 0. The number of piperidine rings is 1. The normalized spacial score (nSPS) is 33.9. The van der Waals surface area contributed by atoms with E-state index in [0.29, 0.717) is 11.2 Å². The van der Waals surface area contributed by atoms with Gasteiger partial charge in [0, 0.05) is 25.0 Å². The summed E-state index contributed by atoms with van der Waals surface area (Å²) in [5, 5.41) is 0. The lowest BCUT2D eigenvalue weighted by Gasteiger charge is -2.30. The van der Waals surface area contributed by atoms with Crippen LogP contribution in [0.2, 0.25) is 0 Å². The number of ketones is 1. The number of hydrogen-bond acceptors (Lipinski definition) is 2. The molecule has 0 amide bonds. The van der Waals surface area contributed by atoms with Crippen molar-refractivity contribution in [1.29, 1.82) is 0 Å². The highest BCUT2D eigenvalue weighted by Crippen LogP contribution is 2.62. The molecule has 2 unspecified atom stereocenters. The van der Waals surface area contributed by atoms with Crippen LogP contribution in [0.15, 0.2) is 0 Å². The van der Waals surface area contributed by atoms with Crippen LogP contribution in [0.3, 0.4) is 0 Å². The fourth-order valence-electron chi connectivity index (χ4n) is 3.01. The molecule has 1 aliphatic carbocycles. The monoisotopic (exact) mass is 209 g/mol. The first-order valence-corrected chi connectivity index (χ1v) is 5.98. The first-order chi connectivity index (χ1) is 6.75. The van der Waals surface area contributed by atoms with Gasteiger partial charge in [0.15, 0.2) is 0 Å². The summed E-state index contributed by atoms with van der Waals surface area (Å²) < 4.78 is 0. The molecule has 0 radical (unpaired) electrons. The van der Waals surface area contributed by atoms with Crippen LogP contribution >= 0.6 is 0 Å². The molecule has 0 bridgehead atoms. The number of hydrogen-bond donors (Lipinski definition) is 0. The molecule has 2 aliphatic rings. The maximum absolute atomic E-state index is 11.4. The van der Waals surface area contributed by atoms with Crippen molar-refractivity contribution in [2.45, 2.75) is 34.6 Å². The summed E-state index contributed by atoms with van der Waals surface area (Å²) in [5.41, 5.74) is 0.414. The van der Waals surface area contributed by atoms with E-state index in [1.54, 1.807) is 6.92 Å². The molecule has 1 heterocycles. The van der Waals surface area contributed by atoms with Gasteiger partial charge in [-0.1, -0.05) is 27.7 Å². The minimum Gasteiger partial charge on any atom is -0.302 e. The second-order valence-electron chi connectivity index (χ2n) is 6.67. The third-order valence-electron chi connectivity index (χ3n) is 4.77. The Morgan fingerprint density at radius 3 is 2.20 bits per heavy atom. The van der Waals surface area contributed by atoms with Gasteiger partial charge in [0.1, 0.15) is 5.78 Å². The van der Waals surface area contributed by atoms with Crippen LogP contribution in [-0.4, -0.2) is 30.3 Å². The third-order valence-corrected chi connectivity index (χ3v) is 4.77. The topological polar surface area (TPSA) is 20.3 Å². The molecule has 2 fully saturated rings. The standard InChI is InChI=1S/C13H23NO/c1-9(15)12(2,3)8-14-6-10-11(7-14)13(10,4)5/h10-11H,6-8H2,1-5H3. The van der Waals surface area contributed by atoms with E-state index < -0.39 is 0 Å². The zero-order valence-corrected chi connectivity index (χ0v) is 10.6. The minimum absolute atomic E-state index is 0.166. The van der Waals surface area contributed by atoms with Crippen LogP contribution in [0.25, 0.3) is 0 Å². The molecule has 0 aromatic rings. The number of likely N-dealkylation sites (tertiary alicyclic amines) is 1. The molecule has 0 spiro atoms. The van der Waals surface area contributed by atoms with Crippen molar-refractivity contribution in [2.75, 3.05) is 19.6 Å². The second-order valence-corrected chi connectivity index (χ2v) is 6.67. The van der Waals surface area contributed by atoms with Gasteiger partial charge < -0.3 is 4.90 Å². The predicted molar refractivity (Wildman–Crippen MR) is 61.7 cm³/mol. The number of rotatable bonds is 3. The van der Waals surface area contributed by atoms with Crippen LogP contribution < -0.4 is 0 Å². The maximum atomic E-state index is 11.4. The maximum Gasteiger partial charge on any atom is 0.136 e. The Kier molecular flexibility index (Phi) is 2.27. The Morgan fingerprint density at radius 1 is 1.33 bits per heavy atom. The zero-order valence-electron chi connectivity index (χ0n) is 10.6. The number of carbonyl (C=O) groups excluding carboxylic acids is 1. The molecule has 2 atom stereocenters.